The molecule has 3 heterocycles. The maximum absolute atomic E-state index is 4.72. The first-order chi connectivity index (χ1) is 31.4. The second kappa shape index (κ2) is 18.8. The average Bonchev–Trinajstić information content (AvgIpc) is 3.37. The molecule has 7 aromatic carbocycles. The van der Waals surface area contributed by atoms with Crippen LogP contribution >= 0.6 is 0 Å². The number of pyridine rings is 3. The number of nitrogens with zero attached hydrogens (tertiary/aromatic N) is 3. The summed E-state index contributed by atoms with van der Waals surface area (Å²) in [6.45, 7) is 6.69. The van der Waals surface area contributed by atoms with Crippen molar-refractivity contribution < 1.29 is 20.1 Å². The molecule has 0 radical (unpaired) electrons. The van der Waals surface area contributed by atoms with Gasteiger partial charge in [-0.2, -0.15) is 0 Å². The third kappa shape index (κ3) is 9.19. The van der Waals surface area contributed by atoms with Crippen LogP contribution in [0.2, 0.25) is 0 Å². The number of hydrogen-bond acceptors (Lipinski definition) is 3. The van der Waals surface area contributed by atoms with E-state index in [1.165, 1.54) is 5.56 Å². The Morgan fingerprint density at radius 3 is 0.985 bits per heavy atom. The second-order valence-electron chi connectivity index (χ2n) is 17.0. The summed E-state index contributed by atoms with van der Waals surface area (Å²) in [5.41, 5.74) is 20.3. The molecule has 0 aliphatic carbocycles. The van der Waals surface area contributed by atoms with Gasteiger partial charge in [-0.25, -0.2) is 0 Å². The fourth-order valence-corrected chi connectivity index (χ4v) is 8.40. The Balaban J connectivity index is 0.00000533. The molecule has 0 spiro atoms. The minimum atomic E-state index is 0. The number of hydrogen-bond donors (Lipinski definition) is 0. The SMILES string of the molecule is CC(C)(C)c1ccnc(-c2[c-]cc(-c3ccccc3-c3cc(-c4ccccc4-c4c[c-]c(-c5ccccn5)cc4)cc(-c4ccccc4-c4c[c-]c(-c5ccccn5)cc4)c3)cc2)c1.[Ir+3]. The molecule has 0 amide bonds. The summed E-state index contributed by atoms with van der Waals surface area (Å²) in [6, 6.07) is 79.0. The van der Waals surface area contributed by atoms with E-state index in [0.29, 0.717) is 0 Å². The van der Waals surface area contributed by atoms with Crippen molar-refractivity contribution in [3.8, 4) is 101 Å². The van der Waals surface area contributed by atoms with E-state index >= 15 is 0 Å². The number of benzene rings is 7. The van der Waals surface area contributed by atoms with E-state index in [-0.39, 0.29) is 25.5 Å². The van der Waals surface area contributed by atoms with Crippen LogP contribution in [0.4, 0.5) is 0 Å². The summed E-state index contributed by atoms with van der Waals surface area (Å²) < 4.78 is 0. The molecular formula is C61H44IrN3. The first-order valence-corrected chi connectivity index (χ1v) is 21.7. The van der Waals surface area contributed by atoms with Crippen LogP contribution in [-0.4, -0.2) is 15.0 Å². The van der Waals surface area contributed by atoms with Gasteiger partial charge >= 0.3 is 20.1 Å². The molecule has 3 aromatic heterocycles. The molecule has 0 fully saturated rings. The summed E-state index contributed by atoms with van der Waals surface area (Å²) in [7, 11) is 0. The van der Waals surface area contributed by atoms with Crippen LogP contribution in [0, 0.1) is 18.2 Å². The topological polar surface area (TPSA) is 38.7 Å². The second-order valence-corrected chi connectivity index (χ2v) is 17.0. The zero-order valence-electron chi connectivity index (χ0n) is 36.4. The summed E-state index contributed by atoms with van der Waals surface area (Å²) >= 11 is 0. The molecule has 0 N–H and O–H groups in total. The van der Waals surface area contributed by atoms with Gasteiger partial charge in [0.15, 0.2) is 0 Å². The molecule has 10 rings (SSSR count). The van der Waals surface area contributed by atoms with Crippen LogP contribution in [0.5, 0.6) is 0 Å². The van der Waals surface area contributed by atoms with E-state index in [9.17, 15) is 0 Å². The Hall–Kier alpha value is -7.36. The van der Waals surface area contributed by atoms with Gasteiger partial charge in [0.2, 0.25) is 0 Å². The number of rotatable bonds is 9. The van der Waals surface area contributed by atoms with Gasteiger partial charge in [0, 0.05) is 18.6 Å². The van der Waals surface area contributed by atoms with Crippen LogP contribution in [0.3, 0.4) is 0 Å². The molecule has 4 heteroatoms. The summed E-state index contributed by atoms with van der Waals surface area (Å²) in [5, 5.41) is 0. The largest absolute Gasteiger partial charge is 3.00 e. The first kappa shape index (κ1) is 42.9. The third-order valence-electron chi connectivity index (χ3n) is 11.8. The zero-order chi connectivity index (χ0) is 43.5. The van der Waals surface area contributed by atoms with Crippen molar-refractivity contribution in [3.05, 3.63) is 236 Å². The number of aromatic nitrogens is 3. The van der Waals surface area contributed by atoms with Gasteiger partial charge in [0.05, 0.1) is 0 Å². The zero-order valence-corrected chi connectivity index (χ0v) is 38.8. The average molecular weight is 1010 g/mol. The molecule has 0 aliphatic rings. The summed E-state index contributed by atoms with van der Waals surface area (Å²) in [5.74, 6) is 0. The van der Waals surface area contributed by atoms with Crippen molar-refractivity contribution in [3.63, 3.8) is 0 Å². The molecular weight excluding hydrogens is 967 g/mol. The van der Waals surface area contributed by atoms with Crippen molar-refractivity contribution in [1.29, 1.82) is 0 Å². The van der Waals surface area contributed by atoms with Gasteiger partial charge in [-0.3, -0.25) is 0 Å². The molecule has 0 saturated carbocycles. The Morgan fingerprint density at radius 2 is 0.662 bits per heavy atom. The Kier molecular flexibility index (Phi) is 12.4. The predicted molar refractivity (Wildman–Crippen MR) is 264 cm³/mol. The van der Waals surface area contributed by atoms with Crippen molar-refractivity contribution in [2.75, 3.05) is 0 Å². The smallest absolute Gasteiger partial charge is 0.305 e. The molecule has 65 heavy (non-hydrogen) atoms. The molecule has 0 unspecified atom stereocenters. The van der Waals surface area contributed by atoms with E-state index in [1.807, 2.05) is 55.0 Å². The maximum atomic E-state index is 4.72. The molecule has 312 valence electrons. The van der Waals surface area contributed by atoms with Crippen LogP contribution in [0.1, 0.15) is 26.3 Å². The Bertz CT molecular complexity index is 3060. The van der Waals surface area contributed by atoms with Crippen molar-refractivity contribution >= 4 is 0 Å². The van der Waals surface area contributed by atoms with Crippen LogP contribution in [0.25, 0.3) is 101 Å². The van der Waals surface area contributed by atoms with E-state index in [4.69, 9.17) is 4.98 Å². The summed E-state index contributed by atoms with van der Waals surface area (Å²) in [4.78, 5) is 13.8. The van der Waals surface area contributed by atoms with E-state index in [1.54, 1.807) is 0 Å². The van der Waals surface area contributed by atoms with Crippen molar-refractivity contribution in [2.45, 2.75) is 26.2 Å². The van der Waals surface area contributed by atoms with Gasteiger partial charge < -0.3 is 15.0 Å². The van der Waals surface area contributed by atoms with Crippen molar-refractivity contribution in [2.24, 2.45) is 0 Å². The van der Waals surface area contributed by atoms with E-state index < -0.39 is 0 Å². The van der Waals surface area contributed by atoms with E-state index in [0.717, 1.165) is 101 Å². The maximum Gasteiger partial charge on any atom is 3.00 e. The van der Waals surface area contributed by atoms with Gasteiger partial charge in [-0.1, -0.05) is 157 Å². The fraction of sp³-hybridized carbons (Fsp3) is 0.0656. The van der Waals surface area contributed by atoms with Crippen molar-refractivity contribution in [1.82, 2.24) is 15.0 Å². The predicted octanol–water partition coefficient (Wildman–Crippen LogP) is 15.6. The normalized spacial score (nSPS) is 11.2. The molecule has 3 nitrogen and oxygen atoms in total. The molecule has 0 aliphatic heterocycles. The van der Waals surface area contributed by atoms with Gasteiger partial charge in [-0.15, -0.1) is 89.5 Å². The Labute approximate surface area is 396 Å². The fourth-order valence-electron chi connectivity index (χ4n) is 8.40. The minimum absolute atomic E-state index is 0. The van der Waals surface area contributed by atoms with Crippen LogP contribution in [0.15, 0.2) is 213 Å². The standard InChI is InChI=1S/C61H44N3.Ir/c1-61(2,3)51-34-37-64-60(41-51)47-32-26-44(27-33-47)54-16-6-9-19-57(54)50-39-48(55-17-7-4-14-52(55)42-22-28-45(29-23-42)58-20-10-12-35-62-58)38-49(40-50)56-18-8-5-15-53(56)43-24-30-46(31-25-43)59-21-11-13-36-63-59;/h4-28,30,32,34-41H,1-3H3;/q-3;+3. The van der Waals surface area contributed by atoms with Gasteiger partial charge in [-0.05, 0) is 97.8 Å². The molecule has 10 aromatic rings. The van der Waals surface area contributed by atoms with Crippen LogP contribution in [-0.2, 0) is 25.5 Å². The molecule has 0 saturated heterocycles. The first-order valence-electron chi connectivity index (χ1n) is 21.7. The third-order valence-corrected chi connectivity index (χ3v) is 11.8. The van der Waals surface area contributed by atoms with Gasteiger partial charge in [0.25, 0.3) is 0 Å². The molecule has 0 atom stereocenters. The van der Waals surface area contributed by atoms with Gasteiger partial charge in [0.1, 0.15) is 0 Å². The molecule has 0 bridgehead atoms. The minimum Gasteiger partial charge on any atom is -0.305 e. The van der Waals surface area contributed by atoms with E-state index in [2.05, 4.69) is 207 Å². The monoisotopic (exact) mass is 1010 g/mol. The Morgan fingerprint density at radius 1 is 0.323 bits per heavy atom. The quantitative estimate of drug-likeness (QED) is 0.135. The van der Waals surface area contributed by atoms with Crippen LogP contribution < -0.4 is 0 Å². The summed E-state index contributed by atoms with van der Waals surface area (Å²) in [6.07, 6.45) is 5.54.